The highest BCUT2D eigenvalue weighted by atomic mass is 16.5. The van der Waals surface area contributed by atoms with Crippen molar-refractivity contribution in [3.05, 3.63) is 87.2 Å². The minimum absolute atomic E-state index is 0.477. The first kappa shape index (κ1) is 19.5. The van der Waals surface area contributed by atoms with E-state index in [1.54, 1.807) is 11.1 Å². The lowest BCUT2D eigenvalue weighted by Crippen LogP contribution is -2.47. The van der Waals surface area contributed by atoms with Crippen molar-refractivity contribution in [1.82, 2.24) is 4.90 Å². The molecule has 0 bridgehead atoms. The molecule has 2 fully saturated rings. The topological polar surface area (TPSA) is 15.7 Å². The molecule has 3 heteroatoms. The second-order valence-electron chi connectivity index (χ2n) is 10.9. The Morgan fingerprint density at radius 3 is 2.50 bits per heavy atom. The van der Waals surface area contributed by atoms with Crippen LogP contribution in [0.2, 0.25) is 0 Å². The van der Waals surface area contributed by atoms with Crippen molar-refractivity contribution in [3.8, 4) is 5.75 Å². The van der Waals surface area contributed by atoms with Crippen molar-refractivity contribution in [1.29, 1.82) is 0 Å². The molecule has 0 N–H and O–H groups in total. The molecule has 0 amide bonds. The molecule has 6 aliphatic rings. The fraction of sp³-hybridized carbons (Fsp3) is 0.419. The van der Waals surface area contributed by atoms with E-state index in [4.69, 9.17) is 4.74 Å². The van der Waals surface area contributed by atoms with Gasteiger partial charge in [-0.25, -0.2) is 0 Å². The third-order valence-electron chi connectivity index (χ3n) is 8.99. The van der Waals surface area contributed by atoms with E-state index < -0.39 is 0 Å². The van der Waals surface area contributed by atoms with E-state index in [1.165, 1.54) is 122 Å². The van der Waals surface area contributed by atoms with E-state index >= 15 is 0 Å². The van der Waals surface area contributed by atoms with Crippen LogP contribution in [0.3, 0.4) is 0 Å². The van der Waals surface area contributed by atoms with Crippen LogP contribution in [-0.2, 0) is 12.8 Å². The monoisotopic (exact) mass is 448 g/mol. The molecule has 0 spiro atoms. The van der Waals surface area contributed by atoms with Crippen molar-refractivity contribution in [2.45, 2.75) is 57.4 Å². The van der Waals surface area contributed by atoms with Gasteiger partial charge in [-0.3, -0.25) is 4.90 Å². The second kappa shape index (κ2) is 7.36. The van der Waals surface area contributed by atoms with Gasteiger partial charge in [-0.1, -0.05) is 30.3 Å². The van der Waals surface area contributed by atoms with Crippen molar-refractivity contribution in [2.75, 3.05) is 31.1 Å². The number of piperidine rings is 2. The zero-order valence-electron chi connectivity index (χ0n) is 19.9. The van der Waals surface area contributed by atoms with E-state index in [1.807, 2.05) is 0 Å². The quantitative estimate of drug-likeness (QED) is 0.530. The minimum atomic E-state index is 0.477. The van der Waals surface area contributed by atoms with Crippen LogP contribution in [0.15, 0.2) is 65.0 Å². The molecular weight excluding hydrogens is 416 g/mol. The first-order chi connectivity index (χ1) is 16.9. The van der Waals surface area contributed by atoms with Gasteiger partial charge < -0.3 is 9.64 Å². The molecule has 5 heterocycles. The molecule has 0 radical (unpaired) electrons. The number of fused-ring (bicyclic) bond motifs is 3. The van der Waals surface area contributed by atoms with Crippen LogP contribution in [-0.4, -0.2) is 37.1 Å². The Hall–Kier alpha value is -2.78. The maximum Gasteiger partial charge on any atom is 0.140 e. The summed E-state index contributed by atoms with van der Waals surface area (Å²) in [5.41, 5.74) is 13.1. The Labute approximate surface area is 202 Å². The molecule has 8 rings (SSSR count). The molecule has 0 saturated carbocycles. The standard InChI is InChI=1S/C31H32N2O/c1-2-8-20(9-3-1)27-25-18-21-10-4-14-32-16-6-12-23(28(21)32)30(25)34-31-24-13-7-17-33-15-5-11-22(29(24)33)19-26(27)31/h1-3,8-9,18-19,28H,4-7,10-17H2. The molecule has 1 unspecified atom stereocenters. The summed E-state index contributed by atoms with van der Waals surface area (Å²) in [6.45, 7) is 4.85. The Balaban J connectivity index is 1.44. The first-order valence-corrected chi connectivity index (χ1v) is 13.5. The van der Waals surface area contributed by atoms with Crippen LogP contribution in [0.1, 0.15) is 60.8 Å². The molecule has 1 aliphatic carbocycles. The van der Waals surface area contributed by atoms with Crippen LogP contribution < -0.4 is 9.64 Å². The molecule has 34 heavy (non-hydrogen) atoms. The Bertz CT molecular complexity index is 1290. The van der Waals surface area contributed by atoms with Gasteiger partial charge in [0.1, 0.15) is 11.5 Å². The van der Waals surface area contributed by atoms with E-state index in [0.717, 1.165) is 6.42 Å². The lowest BCUT2D eigenvalue weighted by Gasteiger charge is -2.46. The highest BCUT2D eigenvalue weighted by Gasteiger charge is 2.42. The fourth-order valence-corrected chi connectivity index (χ4v) is 7.70. The maximum absolute atomic E-state index is 7.12. The van der Waals surface area contributed by atoms with Gasteiger partial charge in [0.05, 0.1) is 6.04 Å². The fourth-order valence-electron chi connectivity index (χ4n) is 7.70. The number of aryl methyl sites for hydroxylation is 1. The average Bonchev–Trinajstić information content (AvgIpc) is 2.89. The second-order valence-corrected chi connectivity index (χ2v) is 10.9. The maximum atomic E-state index is 7.12. The molecule has 0 aromatic heterocycles. The van der Waals surface area contributed by atoms with Crippen LogP contribution in [0.5, 0.6) is 5.75 Å². The third-order valence-corrected chi connectivity index (χ3v) is 8.99. The summed E-state index contributed by atoms with van der Waals surface area (Å²) in [7, 11) is 0. The van der Waals surface area contributed by atoms with Crippen molar-refractivity contribution in [3.63, 3.8) is 0 Å². The van der Waals surface area contributed by atoms with Crippen molar-refractivity contribution in [2.24, 2.45) is 0 Å². The highest BCUT2D eigenvalue weighted by molar-refractivity contribution is 5.93. The molecule has 2 aromatic carbocycles. The summed E-state index contributed by atoms with van der Waals surface area (Å²) in [4.78, 5) is 5.36. The Morgan fingerprint density at radius 2 is 1.62 bits per heavy atom. The highest BCUT2D eigenvalue weighted by Crippen LogP contribution is 2.53. The van der Waals surface area contributed by atoms with E-state index in [2.05, 4.69) is 52.3 Å². The summed E-state index contributed by atoms with van der Waals surface area (Å²) in [6.07, 6.45) is 12.3. The predicted octanol–water partition coefficient (Wildman–Crippen LogP) is 6.03. The molecule has 5 aliphatic heterocycles. The SMILES string of the molecule is C1=C2CCCN3CCCC(=C4Oc5c(cc6c7c5CCCN7CCC6)C(c5ccccc5)=C14)C23. The number of ether oxygens (including phenoxy) is 1. The number of benzene rings is 2. The molecule has 2 saturated heterocycles. The minimum Gasteiger partial charge on any atom is -0.456 e. The lowest BCUT2D eigenvalue weighted by atomic mass is 9.75. The predicted molar refractivity (Wildman–Crippen MR) is 137 cm³/mol. The van der Waals surface area contributed by atoms with Crippen LogP contribution >= 0.6 is 0 Å². The number of hydrogen-bond acceptors (Lipinski definition) is 3. The molecular formula is C31H32N2O. The summed E-state index contributed by atoms with van der Waals surface area (Å²) < 4.78 is 7.12. The van der Waals surface area contributed by atoms with Crippen molar-refractivity contribution >= 4 is 11.3 Å². The van der Waals surface area contributed by atoms with E-state index in [0.29, 0.717) is 6.04 Å². The summed E-state index contributed by atoms with van der Waals surface area (Å²) >= 11 is 0. The molecule has 2 aromatic rings. The number of allylic oxidation sites excluding steroid dienone is 1. The van der Waals surface area contributed by atoms with E-state index in [9.17, 15) is 0 Å². The van der Waals surface area contributed by atoms with Gasteiger partial charge in [0.2, 0.25) is 0 Å². The molecule has 3 nitrogen and oxygen atoms in total. The number of anilines is 1. The average molecular weight is 449 g/mol. The zero-order valence-corrected chi connectivity index (χ0v) is 19.9. The first-order valence-electron chi connectivity index (χ1n) is 13.5. The number of rotatable bonds is 1. The van der Waals surface area contributed by atoms with Gasteiger partial charge in [-0.15, -0.1) is 0 Å². The largest absolute Gasteiger partial charge is 0.456 e. The normalized spacial score (nSPS) is 25.1. The van der Waals surface area contributed by atoms with Gasteiger partial charge in [0, 0.05) is 41.1 Å². The van der Waals surface area contributed by atoms with E-state index in [-0.39, 0.29) is 0 Å². The number of nitrogens with zero attached hydrogens (tertiary/aromatic N) is 2. The third kappa shape index (κ3) is 2.68. The van der Waals surface area contributed by atoms with Crippen LogP contribution in [0, 0.1) is 0 Å². The van der Waals surface area contributed by atoms with Gasteiger partial charge in [0.25, 0.3) is 0 Å². The lowest BCUT2D eigenvalue weighted by molar-refractivity contribution is 0.178. The van der Waals surface area contributed by atoms with Crippen molar-refractivity contribution < 1.29 is 4.74 Å². The Kier molecular flexibility index (Phi) is 4.22. The molecule has 172 valence electrons. The summed E-state index contributed by atoms with van der Waals surface area (Å²) in [5.74, 6) is 2.36. The van der Waals surface area contributed by atoms with Gasteiger partial charge in [0.15, 0.2) is 0 Å². The summed E-state index contributed by atoms with van der Waals surface area (Å²) in [6, 6.07) is 14.1. The zero-order chi connectivity index (χ0) is 22.2. The smallest absolute Gasteiger partial charge is 0.140 e. The number of hydrogen-bond donors (Lipinski definition) is 0. The van der Waals surface area contributed by atoms with Gasteiger partial charge in [-0.2, -0.15) is 0 Å². The summed E-state index contributed by atoms with van der Waals surface area (Å²) in [5, 5.41) is 0. The van der Waals surface area contributed by atoms with Crippen LogP contribution in [0.25, 0.3) is 5.57 Å². The van der Waals surface area contributed by atoms with Gasteiger partial charge >= 0.3 is 0 Å². The Morgan fingerprint density at radius 1 is 0.824 bits per heavy atom. The molecule has 1 atom stereocenters. The van der Waals surface area contributed by atoms with Gasteiger partial charge in [-0.05, 0) is 98.9 Å². The van der Waals surface area contributed by atoms with Crippen LogP contribution in [0.4, 0.5) is 5.69 Å².